The molecule has 126 valence electrons. The molecule has 3 atom stereocenters. The SMILES string of the molecule is C[C@H](NC(=O)N[C@@H]1CCN(CC2CCCC2)C1)[C@H]1CCCO1. The summed E-state index contributed by atoms with van der Waals surface area (Å²) in [4.78, 5) is 14.7. The van der Waals surface area contributed by atoms with Crippen LogP contribution >= 0.6 is 0 Å². The van der Waals surface area contributed by atoms with E-state index in [0.29, 0.717) is 6.04 Å². The third kappa shape index (κ3) is 4.35. The predicted octanol–water partition coefficient (Wildman–Crippen LogP) is 2.12. The van der Waals surface area contributed by atoms with Crippen LogP contribution in [0.25, 0.3) is 0 Å². The van der Waals surface area contributed by atoms with E-state index in [0.717, 1.165) is 44.9 Å². The van der Waals surface area contributed by atoms with Crippen LogP contribution < -0.4 is 10.6 Å². The van der Waals surface area contributed by atoms with E-state index in [2.05, 4.69) is 15.5 Å². The molecule has 3 aliphatic rings. The minimum Gasteiger partial charge on any atom is -0.376 e. The first kappa shape index (κ1) is 16.1. The van der Waals surface area contributed by atoms with Gasteiger partial charge in [-0.2, -0.15) is 0 Å². The second kappa shape index (κ2) is 7.64. The third-order valence-electron chi connectivity index (χ3n) is 5.48. The molecular formula is C17H31N3O2. The molecule has 0 radical (unpaired) electrons. The van der Waals surface area contributed by atoms with E-state index in [-0.39, 0.29) is 18.2 Å². The van der Waals surface area contributed by atoms with E-state index < -0.39 is 0 Å². The highest BCUT2D eigenvalue weighted by atomic mass is 16.5. The highest BCUT2D eigenvalue weighted by molar-refractivity contribution is 5.74. The van der Waals surface area contributed by atoms with Crippen molar-refractivity contribution < 1.29 is 9.53 Å². The number of nitrogens with zero attached hydrogens (tertiary/aromatic N) is 1. The zero-order chi connectivity index (χ0) is 15.4. The van der Waals surface area contributed by atoms with Crippen LogP contribution in [0.1, 0.15) is 51.9 Å². The van der Waals surface area contributed by atoms with Crippen molar-refractivity contribution in [2.24, 2.45) is 5.92 Å². The number of carbonyl (C=O) groups excluding carboxylic acids is 1. The van der Waals surface area contributed by atoms with Crippen molar-refractivity contribution in [3.8, 4) is 0 Å². The lowest BCUT2D eigenvalue weighted by Gasteiger charge is -2.23. The Labute approximate surface area is 134 Å². The summed E-state index contributed by atoms with van der Waals surface area (Å²) in [6.07, 6.45) is 9.04. The molecule has 0 aromatic heterocycles. The molecule has 3 fully saturated rings. The van der Waals surface area contributed by atoms with Gasteiger partial charge >= 0.3 is 6.03 Å². The molecular weight excluding hydrogens is 278 g/mol. The van der Waals surface area contributed by atoms with Gasteiger partial charge in [0.05, 0.1) is 12.1 Å². The van der Waals surface area contributed by atoms with Crippen LogP contribution in [0.4, 0.5) is 4.79 Å². The monoisotopic (exact) mass is 309 g/mol. The van der Waals surface area contributed by atoms with Crippen molar-refractivity contribution in [2.45, 2.75) is 70.1 Å². The smallest absolute Gasteiger partial charge is 0.315 e. The number of urea groups is 1. The molecule has 2 N–H and O–H groups in total. The lowest BCUT2D eigenvalue weighted by molar-refractivity contribution is 0.0858. The van der Waals surface area contributed by atoms with E-state index >= 15 is 0 Å². The number of nitrogens with one attached hydrogen (secondary N) is 2. The Hall–Kier alpha value is -0.810. The van der Waals surface area contributed by atoms with Crippen molar-refractivity contribution >= 4 is 6.03 Å². The van der Waals surface area contributed by atoms with Crippen LogP contribution in [0.2, 0.25) is 0 Å². The number of hydrogen-bond acceptors (Lipinski definition) is 3. The Morgan fingerprint density at radius 2 is 2.05 bits per heavy atom. The number of amides is 2. The lowest BCUT2D eigenvalue weighted by Crippen LogP contribution is -2.49. The van der Waals surface area contributed by atoms with E-state index in [4.69, 9.17) is 4.74 Å². The van der Waals surface area contributed by atoms with Gasteiger partial charge in [-0.25, -0.2) is 4.79 Å². The van der Waals surface area contributed by atoms with Crippen molar-refractivity contribution in [1.29, 1.82) is 0 Å². The molecule has 1 aliphatic carbocycles. The summed E-state index contributed by atoms with van der Waals surface area (Å²) in [6, 6.07) is 0.368. The second-order valence-electron chi connectivity index (χ2n) is 7.35. The molecule has 1 saturated carbocycles. The summed E-state index contributed by atoms with van der Waals surface area (Å²) >= 11 is 0. The van der Waals surface area contributed by atoms with Crippen LogP contribution in [0.3, 0.4) is 0 Å². The minimum atomic E-state index is -0.0317. The maximum absolute atomic E-state index is 12.1. The number of ether oxygens (including phenoxy) is 1. The number of carbonyl (C=O) groups is 1. The van der Waals surface area contributed by atoms with Gasteiger partial charge in [-0.05, 0) is 44.9 Å². The molecule has 0 aromatic rings. The van der Waals surface area contributed by atoms with Gasteiger partial charge in [0, 0.05) is 32.3 Å². The first-order valence-corrected chi connectivity index (χ1v) is 9.11. The maximum Gasteiger partial charge on any atom is 0.315 e. The van der Waals surface area contributed by atoms with Gasteiger partial charge in [0.15, 0.2) is 0 Å². The Morgan fingerprint density at radius 3 is 2.77 bits per heavy atom. The van der Waals surface area contributed by atoms with Crippen molar-refractivity contribution in [2.75, 3.05) is 26.2 Å². The van der Waals surface area contributed by atoms with E-state index in [1.54, 1.807) is 0 Å². The molecule has 0 unspecified atom stereocenters. The molecule has 2 amide bonds. The normalized spacial score (nSPS) is 31.5. The Kier molecular flexibility index (Phi) is 5.58. The quantitative estimate of drug-likeness (QED) is 0.818. The van der Waals surface area contributed by atoms with Crippen molar-refractivity contribution in [1.82, 2.24) is 15.5 Å². The van der Waals surface area contributed by atoms with Gasteiger partial charge in [-0.1, -0.05) is 12.8 Å². The van der Waals surface area contributed by atoms with Crippen LogP contribution in [0.15, 0.2) is 0 Å². The number of likely N-dealkylation sites (tertiary alicyclic amines) is 1. The molecule has 3 rings (SSSR count). The summed E-state index contributed by atoms with van der Waals surface area (Å²) < 4.78 is 5.63. The van der Waals surface area contributed by atoms with E-state index in [9.17, 15) is 4.79 Å². The lowest BCUT2D eigenvalue weighted by atomic mass is 10.1. The summed E-state index contributed by atoms with van der Waals surface area (Å²) in [7, 11) is 0. The van der Waals surface area contributed by atoms with Crippen LogP contribution in [0, 0.1) is 5.92 Å². The summed E-state index contributed by atoms with van der Waals surface area (Å²) in [5, 5.41) is 6.18. The molecule has 0 bridgehead atoms. The molecule has 2 aliphatic heterocycles. The standard InChI is InChI=1S/C17H31N3O2/c1-13(16-7-4-10-22-16)18-17(21)19-15-8-9-20(12-15)11-14-5-2-3-6-14/h13-16H,2-12H2,1H3,(H2,18,19,21)/t13-,15+,16+/m0/s1. The molecule has 2 heterocycles. The second-order valence-corrected chi connectivity index (χ2v) is 7.35. The third-order valence-corrected chi connectivity index (χ3v) is 5.48. The highest BCUT2D eigenvalue weighted by Gasteiger charge is 2.28. The number of hydrogen-bond donors (Lipinski definition) is 2. The first-order chi connectivity index (χ1) is 10.7. The molecule has 5 nitrogen and oxygen atoms in total. The fourth-order valence-corrected chi connectivity index (χ4v) is 4.20. The van der Waals surface area contributed by atoms with Crippen molar-refractivity contribution in [3.63, 3.8) is 0 Å². The largest absolute Gasteiger partial charge is 0.376 e. The summed E-state index contributed by atoms with van der Waals surface area (Å²) in [5.41, 5.74) is 0. The topological polar surface area (TPSA) is 53.6 Å². The van der Waals surface area contributed by atoms with Crippen LogP contribution in [-0.2, 0) is 4.74 Å². The fourth-order valence-electron chi connectivity index (χ4n) is 4.20. The average Bonchev–Trinajstić information content (AvgIpc) is 3.20. The minimum absolute atomic E-state index is 0.0317. The summed E-state index contributed by atoms with van der Waals surface area (Å²) in [6.45, 7) is 6.24. The zero-order valence-electron chi connectivity index (χ0n) is 13.9. The maximum atomic E-state index is 12.1. The molecule has 22 heavy (non-hydrogen) atoms. The molecule has 2 saturated heterocycles. The first-order valence-electron chi connectivity index (χ1n) is 9.11. The summed E-state index contributed by atoms with van der Waals surface area (Å²) in [5.74, 6) is 0.895. The zero-order valence-corrected chi connectivity index (χ0v) is 13.9. The molecule has 0 spiro atoms. The Morgan fingerprint density at radius 1 is 1.23 bits per heavy atom. The average molecular weight is 309 g/mol. The predicted molar refractivity (Wildman–Crippen MR) is 86.9 cm³/mol. The Bertz CT molecular complexity index is 365. The van der Waals surface area contributed by atoms with Gasteiger partial charge in [0.2, 0.25) is 0 Å². The van der Waals surface area contributed by atoms with Gasteiger partial charge in [-0.3, -0.25) is 0 Å². The number of rotatable bonds is 5. The van der Waals surface area contributed by atoms with Gasteiger partial charge in [0.1, 0.15) is 0 Å². The molecule has 5 heteroatoms. The van der Waals surface area contributed by atoms with E-state index in [1.165, 1.54) is 32.2 Å². The fraction of sp³-hybridized carbons (Fsp3) is 0.941. The van der Waals surface area contributed by atoms with Crippen molar-refractivity contribution in [3.05, 3.63) is 0 Å². The Balaban J connectivity index is 1.35. The van der Waals surface area contributed by atoms with Crippen LogP contribution in [-0.4, -0.2) is 55.4 Å². The highest BCUT2D eigenvalue weighted by Crippen LogP contribution is 2.26. The van der Waals surface area contributed by atoms with Gasteiger partial charge < -0.3 is 20.3 Å². The van der Waals surface area contributed by atoms with Crippen LogP contribution in [0.5, 0.6) is 0 Å². The van der Waals surface area contributed by atoms with Gasteiger partial charge in [0.25, 0.3) is 0 Å². The van der Waals surface area contributed by atoms with Gasteiger partial charge in [-0.15, -0.1) is 0 Å². The van der Waals surface area contributed by atoms with E-state index in [1.807, 2.05) is 6.92 Å². The molecule has 0 aromatic carbocycles.